The molecule has 5 nitrogen and oxygen atoms in total. The van der Waals surface area contributed by atoms with Crippen LogP contribution in [0.1, 0.15) is 5.56 Å². The van der Waals surface area contributed by atoms with Gasteiger partial charge in [0.05, 0.1) is 16.3 Å². The summed E-state index contributed by atoms with van der Waals surface area (Å²) in [4.78, 5) is 10.1. The molecule has 6 heteroatoms. The third-order valence-corrected chi connectivity index (χ3v) is 2.78. The molecule has 0 aliphatic rings. The average molecular weight is 261 g/mol. The van der Waals surface area contributed by atoms with Crippen LogP contribution in [0.3, 0.4) is 0 Å². The molecule has 0 unspecified atom stereocenters. The molecule has 0 saturated carbocycles. The van der Waals surface area contributed by atoms with Gasteiger partial charge in [-0.25, -0.2) is 4.39 Å². The highest BCUT2D eigenvalue weighted by molar-refractivity contribution is 5.75. The molecule has 0 aliphatic heterocycles. The van der Waals surface area contributed by atoms with Crippen molar-refractivity contribution in [3.63, 3.8) is 0 Å². The lowest BCUT2D eigenvalue weighted by molar-refractivity contribution is -0.384. The van der Waals surface area contributed by atoms with E-state index in [1.807, 2.05) is 0 Å². The second-order valence-corrected chi connectivity index (χ2v) is 4.07. The molecule has 2 aromatic rings. The summed E-state index contributed by atoms with van der Waals surface area (Å²) in [6.07, 6.45) is 0. The number of nitrogens with zero attached hydrogens (tertiary/aromatic N) is 1. The first kappa shape index (κ1) is 12.8. The summed E-state index contributed by atoms with van der Waals surface area (Å²) in [5.41, 5.74) is 7.41. The largest absolute Gasteiger partial charge is 0.397 e. The Bertz CT molecular complexity index is 644. The first-order valence-corrected chi connectivity index (χ1v) is 5.55. The van der Waals surface area contributed by atoms with Crippen molar-refractivity contribution in [1.29, 1.82) is 0 Å². The summed E-state index contributed by atoms with van der Waals surface area (Å²) in [6, 6.07) is 8.74. The molecular formula is C13H12FN3O2. The van der Waals surface area contributed by atoms with E-state index >= 15 is 0 Å². The Morgan fingerprint density at radius 3 is 2.63 bits per heavy atom. The molecule has 0 radical (unpaired) electrons. The van der Waals surface area contributed by atoms with Crippen LogP contribution >= 0.6 is 0 Å². The fourth-order valence-electron chi connectivity index (χ4n) is 1.67. The molecule has 0 heterocycles. The molecule has 0 aromatic heterocycles. The number of nitrogens with two attached hydrogens (primary N) is 1. The maximum absolute atomic E-state index is 13.4. The van der Waals surface area contributed by atoms with Crippen LogP contribution in [0.5, 0.6) is 0 Å². The van der Waals surface area contributed by atoms with Crippen LogP contribution in [-0.2, 0) is 0 Å². The van der Waals surface area contributed by atoms with E-state index in [-0.39, 0.29) is 17.2 Å². The standard InChI is InChI=1S/C13H12FN3O2/c1-8-10(14)3-2-4-12(8)16-13-6-5-9(17(18)19)7-11(13)15/h2-7,16H,15H2,1H3. The van der Waals surface area contributed by atoms with E-state index in [1.165, 1.54) is 24.3 Å². The number of rotatable bonds is 3. The number of hydrogen-bond donors (Lipinski definition) is 2. The normalized spacial score (nSPS) is 10.2. The minimum Gasteiger partial charge on any atom is -0.397 e. The van der Waals surface area contributed by atoms with E-state index in [2.05, 4.69) is 5.32 Å². The van der Waals surface area contributed by atoms with E-state index in [0.29, 0.717) is 16.9 Å². The third-order valence-electron chi connectivity index (χ3n) is 2.78. The van der Waals surface area contributed by atoms with Crippen molar-refractivity contribution in [2.45, 2.75) is 6.92 Å². The predicted molar refractivity (Wildman–Crippen MR) is 71.9 cm³/mol. The Hall–Kier alpha value is -2.63. The number of nitrogens with one attached hydrogen (secondary N) is 1. The van der Waals surface area contributed by atoms with E-state index in [4.69, 9.17) is 5.73 Å². The van der Waals surface area contributed by atoms with Gasteiger partial charge >= 0.3 is 0 Å². The van der Waals surface area contributed by atoms with Crippen molar-refractivity contribution in [3.05, 3.63) is 57.9 Å². The molecular weight excluding hydrogens is 249 g/mol. The Balaban J connectivity index is 2.34. The number of nitro benzene ring substituents is 1. The Morgan fingerprint density at radius 1 is 1.26 bits per heavy atom. The van der Waals surface area contributed by atoms with Crippen LogP contribution in [0, 0.1) is 22.9 Å². The van der Waals surface area contributed by atoms with Crippen LogP contribution in [-0.4, -0.2) is 4.92 Å². The lowest BCUT2D eigenvalue weighted by atomic mass is 10.1. The molecule has 3 N–H and O–H groups in total. The van der Waals surface area contributed by atoms with Crippen LogP contribution in [0.25, 0.3) is 0 Å². The highest BCUT2D eigenvalue weighted by atomic mass is 19.1. The highest BCUT2D eigenvalue weighted by Gasteiger charge is 2.10. The zero-order valence-electron chi connectivity index (χ0n) is 10.2. The van der Waals surface area contributed by atoms with Crippen molar-refractivity contribution < 1.29 is 9.31 Å². The molecule has 0 spiro atoms. The van der Waals surface area contributed by atoms with Gasteiger partial charge in [0.25, 0.3) is 5.69 Å². The molecule has 0 bridgehead atoms. The van der Waals surface area contributed by atoms with Crippen LogP contribution < -0.4 is 11.1 Å². The van der Waals surface area contributed by atoms with Crippen LogP contribution in [0.4, 0.5) is 27.1 Å². The highest BCUT2D eigenvalue weighted by Crippen LogP contribution is 2.29. The smallest absolute Gasteiger partial charge is 0.271 e. The van der Waals surface area contributed by atoms with Crippen LogP contribution in [0.15, 0.2) is 36.4 Å². The van der Waals surface area contributed by atoms with Gasteiger partial charge in [-0.1, -0.05) is 6.07 Å². The molecule has 98 valence electrons. The molecule has 0 fully saturated rings. The summed E-state index contributed by atoms with van der Waals surface area (Å²) < 4.78 is 13.4. The molecule has 0 amide bonds. The minimum atomic E-state index is -0.520. The first-order chi connectivity index (χ1) is 8.99. The second-order valence-electron chi connectivity index (χ2n) is 4.07. The topological polar surface area (TPSA) is 81.2 Å². The van der Waals surface area contributed by atoms with E-state index < -0.39 is 4.92 Å². The molecule has 0 aliphatic carbocycles. The zero-order chi connectivity index (χ0) is 14.0. The lowest BCUT2D eigenvalue weighted by Crippen LogP contribution is -2.00. The fraction of sp³-hybridized carbons (Fsp3) is 0.0769. The van der Waals surface area contributed by atoms with Gasteiger partial charge in [-0.3, -0.25) is 10.1 Å². The zero-order valence-corrected chi connectivity index (χ0v) is 10.2. The number of anilines is 3. The summed E-state index contributed by atoms with van der Waals surface area (Å²) in [6.45, 7) is 1.64. The van der Waals surface area contributed by atoms with Crippen molar-refractivity contribution in [2.75, 3.05) is 11.1 Å². The summed E-state index contributed by atoms with van der Waals surface area (Å²) in [5, 5.41) is 13.6. The van der Waals surface area contributed by atoms with Gasteiger partial charge in [-0.2, -0.15) is 0 Å². The van der Waals surface area contributed by atoms with Crippen molar-refractivity contribution in [2.24, 2.45) is 0 Å². The molecule has 2 aromatic carbocycles. The van der Waals surface area contributed by atoms with Gasteiger partial charge in [-0.15, -0.1) is 0 Å². The molecule has 0 atom stereocenters. The maximum Gasteiger partial charge on any atom is 0.271 e. The number of non-ortho nitro benzene ring substituents is 1. The van der Waals surface area contributed by atoms with Gasteiger partial charge in [-0.05, 0) is 25.1 Å². The lowest BCUT2D eigenvalue weighted by Gasteiger charge is -2.11. The summed E-state index contributed by atoms with van der Waals surface area (Å²) in [7, 11) is 0. The average Bonchev–Trinajstić information content (AvgIpc) is 2.37. The molecule has 0 saturated heterocycles. The van der Waals surface area contributed by atoms with E-state index in [0.717, 1.165) is 0 Å². The van der Waals surface area contributed by atoms with E-state index in [1.54, 1.807) is 19.1 Å². The third kappa shape index (κ3) is 2.62. The SMILES string of the molecule is Cc1c(F)cccc1Nc1ccc([N+](=O)[O-])cc1N. The number of nitro groups is 1. The van der Waals surface area contributed by atoms with Crippen molar-refractivity contribution in [1.82, 2.24) is 0 Å². The van der Waals surface area contributed by atoms with Gasteiger partial charge < -0.3 is 11.1 Å². The summed E-state index contributed by atoms with van der Waals surface area (Å²) in [5.74, 6) is -0.328. The number of nitrogen functional groups attached to an aromatic ring is 1. The minimum absolute atomic E-state index is 0.0842. The van der Waals surface area contributed by atoms with Gasteiger partial charge in [0, 0.05) is 23.4 Å². The van der Waals surface area contributed by atoms with Crippen LogP contribution in [0.2, 0.25) is 0 Å². The molecule has 2 rings (SSSR count). The quantitative estimate of drug-likeness (QED) is 0.504. The molecule has 19 heavy (non-hydrogen) atoms. The number of benzene rings is 2. The second kappa shape index (κ2) is 4.93. The number of hydrogen-bond acceptors (Lipinski definition) is 4. The Kier molecular flexibility index (Phi) is 3.33. The summed E-state index contributed by atoms with van der Waals surface area (Å²) >= 11 is 0. The van der Waals surface area contributed by atoms with Crippen molar-refractivity contribution >= 4 is 22.7 Å². The van der Waals surface area contributed by atoms with Gasteiger partial charge in [0.2, 0.25) is 0 Å². The first-order valence-electron chi connectivity index (χ1n) is 5.55. The Labute approximate surface area is 109 Å². The maximum atomic E-state index is 13.4. The van der Waals surface area contributed by atoms with E-state index in [9.17, 15) is 14.5 Å². The monoisotopic (exact) mass is 261 g/mol. The Morgan fingerprint density at radius 2 is 2.00 bits per heavy atom. The van der Waals surface area contributed by atoms with Gasteiger partial charge in [0.1, 0.15) is 5.82 Å². The van der Waals surface area contributed by atoms with Crippen molar-refractivity contribution in [3.8, 4) is 0 Å². The number of halogens is 1. The van der Waals surface area contributed by atoms with Gasteiger partial charge in [0.15, 0.2) is 0 Å². The fourth-order valence-corrected chi connectivity index (χ4v) is 1.67. The predicted octanol–water partition coefficient (Wildman–Crippen LogP) is 3.37.